The quantitative estimate of drug-likeness (QED) is 0.254. The van der Waals surface area contributed by atoms with Crippen LogP contribution in [0.25, 0.3) is 0 Å². The predicted octanol–water partition coefficient (Wildman–Crippen LogP) is 13.6. The number of benzene rings is 2. The molecule has 2 aromatic rings. The summed E-state index contributed by atoms with van der Waals surface area (Å²) in [5, 5.41) is 0. The maximum Gasteiger partial charge on any atom is 0.0520 e. The molecule has 0 heterocycles. The van der Waals surface area contributed by atoms with Gasteiger partial charge in [-0.25, -0.2) is 0 Å². The molecular formula is C45H62N2. The lowest BCUT2D eigenvalue weighted by Gasteiger charge is -2.39. The zero-order chi connectivity index (χ0) is 35.1. The van der Waals surface area contributed by atoms with Crippen LogP contribution in [0.4, 0.5) is 17.1 Å². The number of rotatable bonds is 9. The van der Waals surface area contributed by atoms with Gasteiger partial charge in [0.15, 0.2) is 0 Å². The largest absolute Gasteiger partial charge is 0.314 e. The van der Waals surface area contributed by atoms with Crippen molar-refractivity contribution in [2.24, 2.45) is 16.7 Å². The maximum atomic E-state index is 2.49. The number of anilines is 3. The van der Waals surface area contributed by atoms with E-state index in [1.54, 1.807) is 0 Å². The summed E-state index contributed by atoms with van der Waals surface area (Å²) in [6, 6.07) is 14.1. The van der Waals surface area contributed by atoms with Gasteiger partial charge in [-0.15, -0.1) is 0 Å². The fourth-order valence-corrected chi connectivity index (χ4v) is 6.96. The number of nitrogens with zero attached hydrogens (tertiary/aromatic N) is 2. The van der Waals surface area contributed by atoms with Crippen LogP contribution in [0.1, 0.15) is 120 Å². The first kappa shape index (κ1) is 36.3. The van der Waals surface area contributed by atoms with Crippen LogP contribution in [0.3, 0.4) is 0 Å². The van der Waals surface area contributed by atoms with Crippen LogP contribution in [-0.4, -0.2) is 0 Å². The summed E-state index contributed by atoms with van der Waals surface area (Å²) in [5.74, 6) is 0.405. The Hall–Kier alpha value is -3.52. The minimum Gasteiger partial charge on any atom is -0.314 e. The third-order valence-corrected chi connectivity index (χ3v) is 10.4. The van der Waals surface area contributed by atoms with Crippen molar-refractivity contribution in [2.75, 3.05) is 9.80 Å². The third-order valence-electron chi connectivity index (χ3n) is 10.4. The first-order valence-corrected chi connectivity index (χ1v) is 17.8. The Kier molecular flexibility index (Phi) is 10.5. The fraction of sp³-hybridized carbons (Fsp3) is 0.467. The summed E-state index contributed by atoms with van der Waals surface area (Å²) in [5.41, 5.74) is 16.2. The standard InChI is InChI=1S/C45H62N2/c1-16-19-37(17-2)46(41-30(4)24-34(25-31(41)5)43(8,9)10)38-20-22-39(23-21-38)47(40-28-36(29-40)45(14,15)18-3)42-32(6)26-35(27-33(42)7)44(11,12)13/h16-17,19-24,26-29,31H,18,25H2,1-15H3/b19-16+,37-17+. The van der Waals surface area contributed by atoms with Crippen molar-refractivity contribution in [3.05, 3.63) is 123 Å². The van der Waals surface area contributed by atoms with Crippen LogP contribution in [0.15, 0.2) is 107 Å². The average Bonchev–Trinajstić information content (AvgIpc) is 2.95. The molecule has 0 aromatic heterocycles. The summed E-state index contributed by atoms with van der Waals surface area (Å²) < 4.78 is 0. The van der Waals surface area contributed by atoms with Crippen molar-refractivity contribution in [3.63, 3.8) is 0 Å². The highest BCUT2D eigenvalue weighted by Gasteiger charge is 2.32. The van der Waals surface area contributed by atoms with E-state index in [9.17, 15) is 0 Å². The van der Waals surface area contributed by atoms with Gasteiger partial charge in [0.25, 0.3) is 0 Å². The summed E-state index contributed by atoms with van der Waals surface area (Å²) in [6.45, 7) is 34.4. The molecular weight excluding hydrogens is 569 g/mol. The predicted molar refractivity (Wildman–Crippen MR) is 209 cm³/mol. The lowest BCUT2D eigenvalue weighted by Crippen LogP contribution is -2.30. The van der Waals surface area contributed by atoms with E-state index in [0.717, 1.165) is 12.8 Å². The molecule has 0 spiro atoms. The van der Waals surface area contributed by atoms with Crippen molar-refractivity contribution in [1.82, 2.24) is 0 Å². The number of aryl methyl sites for hydroxylation is 2. The second-order valence-electron chi connectivity index (χ2n) is 16.6. The van der Waals surface area contributed by atoms with Crippen molar-refractivity contribution in [3.8, 4) is 0 Å². The summed E-state index contributed by atoms with van der Waals surface area (Å²) in [6.07, 6.45) is 16.1. The van der Waals surface area contributed by atoms with Gasteiger partial charge in [-0.3, -0.25) is 0 Å². The first-order chi connectivity index (χ1) is 21.8. The smallest absolute Gasteiger partial charge is 0.0520 e. The molecule has 0 radical (unpaired) electrons. The van der Waals surface area contributed by atoms with Gasteiger partial charge in [-0.05, 0) is 134 Å². The highest BCUT2D eigenvalue weighted by atomic mass is 15.2. The molecule has 0 N–H and O–H groups in total. The van der Waals surface area contributed by atoms with E-state index in [2.05, 4.69) is 187 Å². The van der Waals surface area contributed by atoms with E-state index in [4.69, 9.17) is 0 Å². The second kappa shape index (κ2) is 13.5. The lowest BCUT2D eigenvalue weighted by molar-refractivity contribution is 0.435. The van der Waals surface area contributed by atoms with Gasteiger partial charge in [0.2, 0.25) is 0 Å². The van der Waals surface area contributed by atoms with E-state index < -0.39 is 0 Å². The van der Waals surface area contributed by atoms with E-state index in [1.807, 2.05) is 0 Å². The summed E-state index contributed by atoms with van der Waals surface area (Å²) in [7, 11) is 0. The normalized spacial score (nSPS) is 17.8. The van der Waals surface area contributed by atoms with Gasteiger partial charge in [0.05, 0.1) is 5.69 Å². The zero-order valence-electron chi connectivity index (χ0n) is 32.3. The molecule has 1 unspecified atom stereocenters. The number of hydrogen-bond acceptors (Lipinski definition) is 2. The van der Waals surface area contributed by atoms with Gasteiger partial charge in [-0.1, -0.05) is 105 Å². The van der Waals surface area contributed by atoms with Gasteiger partial charge < -0.3 is 9.80 Å². The zero-order valence-corrected chi connectivity index (χ0v) is 32.3. The molecule has 4 rings (SSSR count). The molecule has 0 bridgehead atoms. The van der Waals surface area contributed by atoms with Crippen LogP contribution in [0.2, 0.25) is 0 Å². The second-order valence-corrected chi connectivity index (χ2v) is 16.6. The molecule has 2 heteroatoms. The lowest BCUT2D eigenvalue weighted by atomic mass is 9.76. The van der Waals surface area contributed by atoms with Crippen molar-refractivity contribution >= 4 is 17.1 Å². The Bertz CT molecular complexity index is 1640. The minimum atomic E-state index is 0.0985. The molecule has 47 heavy (non-hydrogen) atoms. The Morgan fingerprint density at radius 1 is 0.809 bits per heavy atom. The van der Waals surface area contributed by atoms with Gasteiger partial charge >= 0.3 is 0 Å². The Balaban J connectivity index is 1.87. The molecule has 0 amide bonds. The van der Waals surface area contributed by atoms with Crippen LogP contribution in [0, 0.1) is 30.6 Å². The van der Waals surface area contributed by atoms with Crippen molar-refractivity contribution in [2.45, 2.75) is 122 Å². The number of allylic oxidation sites excluding steroid dienone is 10. The monoisotopic (exact) mass is 630 g/mol. The number of hydrogen-bond donors (Lipinski definition) is 0. The topological polar surface area (TPSA) is 6.48 Å². The van der Waals surface area contributed by atoms with Crippen LogP contribution in [0.5, 0.6) is 0 Å². The highest BCUT2D eigenvalue weighted by molar-refractivity contribution is 5.79. The molecule has 2 aliphatic rings. The third kappa shape index (κ3) is 7.48. The van der Waals surface area contributed by atoms with Crippen LogP contribution >= 0.6 is 0 Å². The van der Waals surface area contributed by atoms with E-state index in [1.165, 1.54) is 67.6 Å². The van der Waals surface area contributed by atoms with E-state index >= 15 is 0 Å². The Morgan fingerprint density at radius 3 is 1.81 bits per heavy atom. The van der Waals surface area contributed by atoms with Crippen LogP contribution < -0.4 is 9.80 Å². The molecule has 2 aromatic carbocycles. The Labute approximate surface area is 288 Å². The molecule has 0 saturated carbocycles. The van der Waals surface area contributed by atoms with Gasteiger partial charge in [-0.2, -0.15) is 0 Å². The first-order valence-electron chi connectivity index (χ1n) is 17.8. The van der Waals surface area contributed by atoms with Crippen LogP contribution in [-0.2, 0) is 5.41 Å². The molecule has 0 fully saturated rings. The fourth-order valence-electron chi connectivity index (χ4n) is 6.96. The molecule has 2 aliphatic carbocycles. The van der Waals surface area contributed by atoms with Crippen molar-refractivity contribution < 1.29 is 0 Å². The highest BCUT2D eigenvalue weighted by Crippen LogP contribution is 2.46. The average molecular weight is 631 g/mol. The molecule has 0 saturated heterocycles. The van der Waals surface area contributed by atoms with Crippen molar-refractivity contribution in [1.29, 1.82) is 0 Å². The van der Waals surface area contributed by atoms with Gasteiger partial charge in [0.1, 0.15) is 0 Å². The summed E-state index contributed by atoms with van der Waals surface area (Å²) >= 11 is 0. The molecule has 252 valence electrons. The summed E-state index contributed by atoms with van der Waals surface area (Å²) in [4.78, 5) is 4.97. The SMILES string of the molecule is C/C=C/C(=C\C)N(C1=C(C)C=C(C(C)(C)C)CC1C)c1ccc(N(C2=CC(C(C)(C)CC)=C2)c2c(C)cc(C(C)(C)C)cc2C)cc1. The Morgan fingerprint density at radius 2 is 1.36 bits per heavy atom. The maximum absolute atomic E-state index is 2.49. The van der Waals surface area contributed by atoms with E-state index in [-0.39, 0.29) is 16.2 Å². The molecule has 0 aliphatic heterocycles. The van der Waals surface area contributed by atoms with E-state index in [0.29, 0.717) is 5.92 Å². The van der Waals surface area contributed by atoms with Gasteiger partial charge in [0, 0.05) is 34.4 Å². The minimum absolute atomic E-state index is 0.0985. The molecule has 2 nitrogen and oxygen atoms in total. The molecule has 1 atom stereocenters.